The van der Waals surface area contributed by atoms with Gasteiger partial charge in [0.15, 0.2) is 5.96 Å². The third-order valence-electron chi connectivity index (χ3n) is 6.78. The Hall–Kier alpha value is -2.54. The largest absolute Gasteiger partial charge is 0.361 e. The SMILES string of the molecule is CN=C(NCCc1c[nH]c2c(C)cccc12)NCCN1CCN(C(=O)C2CCC2)CC1. The molecule has 7 nitrogen and oxygen atoms in total. The maximum absolute atomic E-state index is 12.4. The predicted molar refractivity (Wildman–Crippen MR) is 126 cm³/mol. The highest BCUT2D eigenvalue weighted by atomic mass is 16.2. The Bertz CT molecular complexity index is 908. The van der Waals surface area contributed by atoms with E-state index in [4.69, 9.17) is 0 Å². The molecule has 7 heteroatoms. The lowest BCUT2D eigenvalue weighted by molar-refractivity contribution is -0.139. The number of aliphatic imine (C=N–C) groups is 1. The Morgan fingerprint density at radius 1 is 1.16 bits per heavy atom. The number of benzene rings is 1. The predicted octanol–water partition coefficient (Wildman–Crippen LogP) is 2.13. The van der Waals surface area contributed by atoms with Crippen molar-refractivity contribution >= 4 is 22.8 Å². The van der Waals surface area contributed by atoms with Gasteiger partial charge in [-0.15, -0.1) is 0 Å². The molecule has 168 valence electrons. The lowest BCUT2D eigenvalue weighted by Gasteiger charge is -2.38. The smallest absolute Gasteiger partial charge is 0.225 e. The summed E-state index contributed by atoms with van der Waals surface area (Å²) in [4.78, 5) is 24.6. The number of carbonyl (C=O) groups excluding carboxylic acids is 1. The van der Waals surface area contributed by atoms with Crippen molar-refractivity contribution in [1.29, 1.82) is 0 Å². The van der Waals surface area contributed by atoms with Crippen LogP contribution in [0.25, 0.3) is 10.9 Å². The molecule has 1 aliphatic carbocycles. The second-order valence-corrected chi connectivity index (χ2v) is 8.78. The van der Waals surface area contributed by atoms with Gasteiger partial charge in [0.1, 0.15) is 0 Å². The fourth-order valence-electron chi connectivity index (χ4n) is 4.54. The van der Waals surface area contributed by atoms with Gasteiger partial charge in [0.2, 0.25) is 5.91 Å². The maximum atomic E-state index is 12.4. The van der Waals surface area contributed by atoms with E-state index in [9.17, 15) is 4.79 Å². The summed E-state index contributed by atoms with van der Waals surface area (Å²) in [6.45, 7) is 8.45. The lowest BCUT2D eigenvalue weighted by Crippen LogP contribution is -2.52. The molecular formula is C24H36N6O. The molecule has 0 bridgehead atoms. The van der Waals surface area contributed by atoms with Crippen LogP contribution in [0.5, 0.6) is 0 Å². The molecule has 2 aliphatic rings. The van der Waals surface area contributed by atoms with Gasteiger partial charge in [0.25, 0.3) is 0 Å². The van der Waals surface area contributed by atoms with Gasteiger partial charge < -0.3 is 20.5 Å². The maximum Gasteiger partial charge on any atom is 0.225 e. The van der Waals surface area contributed by atoms with Crippen molar-refractivity contribution in [1.82, 2.24) is 25.4 Å². The van der Waals surface area contributed by atoms with Gasteiger partial charge in [-0.3, -0.25) is 14.7 Å². The van der Waals surface area contributed by atoms with E-state index in [1.165, 1.54) is 28.5 Å². The zero-order valence-electron chi connectivity index (χ0n) is 18.9. The van der Waals surface area contributed by atoms with Crippen LogP contribution in [0.2, 0.25) is 0 Å². The van der Waals surface area contributed by atoms with Crippen LogP contribution < -0.4 is 10.6 Å². The van der Waals surface area contributed by atoms with Crippen LogP contribution in [-0.4, -0.2) is 79.5 Å². The fraction of sp³-hybridized carbons (Fsp3) is 0.583. The van der Waals surface area contributed by atoms with Gasteiger partial charge in [-0.1, -0.05) is 24.6 Å². The zero-order valence-corrected chi connectivity index (χ0v) is 18.9. The summed E-state index contributed by atoms with van der Waals surface area (Å²) in [7, 11) is 1.81. The number of para-hydroxylation sites is 1. The summed E-state index contributed by atoms with van der Waals surface area (Å²) in [5.41, 5.74) is 3.84. The van der Waals surface area contributed by atoms with Crippen molar-refractivity contribution in [2.24, 2.45) is 10.9 Å². The van der Waals surface area contributed by atoms with Gasteiger partial charge in [-0.25, -0.2) is 0 Å². The average Bonchev–Trinajstić information content (AvgIpc) is 3.16. The highest BCUT2D eigenvalue weighted by Crippen LogP contribution is 2.28. The average molecular weight is 425 g/mol. The Morgan fingerprint density at radius 2 is 1.94 bits per heavy atom. The Labute approximate surface area is 185 Å². The minimum absolute atomic E-state index is 0.316. The van der Waals surface area contributed by atoms with Crippen LogP contribution in [0.1, 0.15) is 30.4 Å². The molecule has 2 aromatic rings. The standard InChI is InChI=1S/C24H36N6O/c1-18-5-3-8-21-20(17-28-22(18)21)9-10-26-24(25-2)27-11-12-29-13-15-30(16-14-29)23(31)19-6-4-7-19/h3,5,8,17,19,28H,4,6-7,9-16H2,1-2H3,(H2,25,26,27). The van der Waals surface area contributed by atoms with Crippen LogP contribution in [0.4, 0.5) is 0 Å². The number of aromatic nitrogens is 1. The number of aromatic amines is 1. The first-order chi connectivity index (χ1) is 15.2. The van der Waals surface area contributed by atoms with Crippen LogP contribution in [0, 0.1) is 12.8 Å². The van der Waals surface area contributed by atoms with E-state index in [2.05, 4.69) is 61.7 Å². The van der Waals surface area contributed by atoms with Gasteiger partial charge in [-0.2, -0.15) is 0 Å². The molecule has 1 amide bonds. The van der Waals surface area contributed by atoms with E-state index in [0.29, 0.717) is 11.8 Å². The minimum atomic E-state index is 0.316. The fourth-order valence-corrected chi connectivity index (χ4v) is 4.54. The second kappa shape index (κ2) is 10.2. The van der Waals surface area contributed by atoms with Crippen LogP contribution in [0.15, 0.2) is 29.4 Å². The first-order valence-electron chi connectivity index (χ1n) is 11.7. The van der Waals surface area contributed by atoms with E-state index in [1.54, 1.807) is 0 Å². The molecule has 1 saturated carbocycles. The highest BCUT2D eigenvalue weighted by molar-refractivity contribution is 5.86. The van der Waals surface area contributed by atoms with E-state index in [1.807, 2.05) is 7.05 Å². The quantitative estimate of drug-likeness (QED) is 0.470. The monoisotopic (exact) mass is 424 g/mol. The number of aryl methyl sites for hydroxylation is 1. The van der Waals surface area contributed by atoms with Crippen molar-refractivity contribution in [3.05, 3.63) is 35.5 Å². The van der Waals surface area contributed by atoms with E-state index in [-0.39, 0.29) is 0 Å². The molecule has 0 radical (unpaired) electrons. The van der Waals surface area contributed by atoms with Crippen LogP contribution in [-0.2, 0) is 11.2 Å². The summed E-state index contributed by atoms with van der Waals surface area (Å²) in [5, 5.41) is 8.15. The second-order valence-electron chi connectivity index (χ2n) is 8.78. The number of piperazine rings is 1. The topological polar surface area (TPSA) is 75.8 Å². The van der Waals surface area contributed by atoms with Crippen molar-refractivity contribution in [2.45, 2.75) is 32.6 Å². The van der Waals surface area contributed by atoms with Crippen molar-refractivity contribution in [3.8, 4) is 0 Å². The van der Waals surface area contributed by atoms with Gasteiger partial charge >= 0.3 is 0 Å². The number of hydrogen-bond donors (Lipinski definition) is 3. The van der Waals surface area contributed by atoms with Gasteiger partial charge in [0.05, 0.1) is 0 Å². The Morgan fingerprint density at radius 3 is 2.65 bits per heavy atom. The third kappa shape index (κ3) is 5.21. The molecule has 2 heterocycles. The lowest BCUT2D eigenvalue weighted by atomic mass is 9.84. The molecule has 1 aromatic heterocycles. The molecule has 4 rings (SSSR count). The molecule has 2 fully saturated rings. The highest BCUT2D eigenvalue weighted by Gasteiger charge is 2.30. The number of H-pyrrole nitrogens is 1. The van der Waals surface area contributed by atoms with E-state index < -0.39 is 0 Å². The normalized spacial score (nSPS) is 18.3. The number of fused-ring (bicyclic) bond motifs is 1. The minimum Gasteiger partial charge on any atom is -0.361 e. The Kier molecular flexibility index (Phi) is 7.12. The molecule has 0 atom stereocenters. The number of carbonyl (C=O) groups is 1. The van der Waals surface area contributed by atoms with Crippen LogP contribution >= 0.6 is 0 Å². The van der Waals surface area contributed by atoms with Crippen molar-refractivity contribution in [3.63, 3.8) is 0 Å². The first kappa shape index (κ1) is 21.7. The zero-order chi connectivity index (χ0) is 21.6. The van der Waals surface area contributed by atoms with Crippen LogP contribution in [0.3, 0.4) is 0 Å². The number of rotatable bonds is 7. The summed E-state index contributed by atoms with van der Waals surface area (Å²) in [6, 6.07) is 6.44. The first-order valence-corrected chi connectivity index (χ1v) is 11.7. The van der Waals surface area contributed by atoms with Crippen molar-refractivity contribution < 1.29 is 4.79 Å². The molecule has 0 unspecified atom stereocenters. The molecule has 1 saturated heterocycles. The summed E-state index contributed by atoms with van der Waals surface area (Å²) in [6.07, 6.45) is 6.47. The molecule has 1 aliphatic heterocycles. The number of guanidine groups is 1. The molecule has 1 aromatic carbocycles. The number of nitrogens with zero attached hydrogens (tertiary/aromatic N) is 3. The van der Waals surface area contributed by atoms with E-state index >= 15 is 0 Å². The van der Waals surface area contributed by atoms with Gasteiger partial charge in [0, 0.05) is 75.9 Å². The molecule has 31 heavy (non-hydrogen) atoms. The molecule has 0 spiro atoms. The summed E-state index contributed by atoms with van der Waals surface area (Å²) < 4.78 is 0. The molecular weight excluding hydrogens is 388 g/mol. The Balaban J connectivity index is 1.14. The number of hydrogen-bond acceptors (Lipinski definition) is 3. The summed E-state index contributed by atoms with van der Waals surface area (Å²) >= 11 is 0. The van der Waals surface area contributed by atoms with Gasteiger partial charge in [-0.05, 0) is 37.3 Å². The third-order valence-corrected chi connectivity index (χ3v) is 6.78. The molecule has 3 N–H and O–H groups in total. The number of nitrogens with one attached hydrogen (secondary N) is 3. The summed E-state index contributed by atoms with van der Waals surface area (Å²) in [5.74, 6) is 1.55. The van der Waals surface area contributed by atoms with E-state index in [0.717, 1.165) is 71.0 Å². The number of amides is 1. The van der Waals surface area contributed by atoms with Crippen molar-refractivity contribution in [2.75, 3.05) is 52.9 Å².